The van der Waals surface area contributed by atoms with Crippen LogP contribution in [-0.2, 0) is 11.2 Å². The smallest absolute Gasteiger partial charge is 0.125 e. The van der Waals surface area contributed by atoms with E-state index < -0.39 is 0 Å². The van der Waals surface area contributed by atoms with Crippen molar-refractivity contribution in [2.24, 2.45) is 5.73 Å². The third-order valence-electron chi connectivity index (χ3n) is 2.98. The molecule has 18 heavy (non-hydrogen) atoms. The first-order valence-electron chi connectivity index (χ1n) is 6.73. The van der Waals surface area contributed by atoms with Crippen molar-refractivity contribution in [2.45, 2.75) is 39.7 Å². The van der Waals surface area contributed by atoms with E-state index in [0.717, 1.165) is 30.8 Å². The van der Waals surface area contributed by atoms with Gasteiger partial charge < -0.3 is 15.2 Å². The average Bonchev–Trinajstić information content (AvgIpc) is 2.37. The summed E-state index contributed by atoms with van der Waals surface area (Å²) in [5.74, 6) is 0.973. The van der Waals surface area contributed by atoms with Crippen LogP contribution in [0.5, 0.6) is 5.75 Å². The van der Waals surface area contributed by atoms with Crippen molar-refractivity contribution in [3.63, 3.8) is 0 Å². The molecule has 0 saturated heterocycles. The summed E-state index contributed by atoms with van der Waals surface area (Å²) >= 11 is 0. The fraction of sp³-hybridized carbons (Fsp3) is 0.600. The molecule has 0 saturated carbocycles. The number of hydrogen-bond acceptors (Lipinski definition) is 3. The molecular weight excluding hydrogens is 226 g/mol. The van der Waals surface area contributed by atoms with Gasteiger partial charge in [-0.1, -0.05) is 25.1 Å². The summed E-state index contributed by atoms with van der Waals surface area (Å²) in [6.07, 6.45) is 1.84. The number of para-hydroxylation sites is 1. The van der Waals surface area contributed by atoms with Gasteiger partial charge in [0.25, 0.3) is 0 Å². The van der Waals surface area contributed by atoms with Gasteiger partial charge in [-0.2, -0.15) is 0 Å². The number of rotatable bonds is 8. The van der Waals surface area contributed by atoms with Gasteiger partial charge in [0.2, 0.25) is 0 Å². The second-order valence-corrected chi connectivity index (χ2v) is 4.48. The topological polar surface area (TPSA) is 44.5 Å². The van der Waals surface area contributed by atoms with Crippen LogP contribution in [0, 0.1) is 6.92 Å². The van der Waals surface area contributed by atoms with Crippen molar-refractivity contribution in [1.29, 1.82) is 0 Å². The van der Waals surface area contributed by atoms with Crippen LogP contribution in [0.4, 0.5) is 0 Å². The summed E-state index contributed by atoms with van der Waals surface area (Å²) in [5, 5.41) is 0. The fourth-order valence-corrected chi connectivity index (χ4v) is 1.85. The molecule has 0 heterocycles. The maximum atomic E-state index is 6.02. The lowest BCUT2D eigenvalue weighted by atomic mass is 10.0. The van der Waals surface area contributed by atoms with Crippen LogP contribution in [0.25, 0.3) is 0 Å². The lowest BCUT2D eigenvalue weighted by molar-refractivity contribution is 0.109. The molecule has 2 N–H and O–H groups in total. The molecule has 0 radical (unpaired) electrons. The van der Waals surface area contributed by atoms with Crippen molar-refractivity contribution in [3.8, 4) is 5.75 Å². The van der Waals surface area contributed by atoms with Gasteiger partial charge in [0, 0.05) is 12.6 Å². The normalized spacial score (nSPS) is 12.4. The summed E-state index contributed by atoms with van der Waals surface area (Å²) in [6.45, 7) is 8.11. The number of benzene rings is 1. The molecule has 1 rings (SSSR count). The number of nitrogens with two attached hydrogens (primary N) is 1. The SMILES string of the molecule is CCOCCOc1c(C)cccc1CC(N)CC. The summed E-state index contributed by atoms with van der Waals surface area (Å²) < 4.78 is 11.1. The van der Waals surface area contributed by atoms with Gasteiger partial charge >= 0.3 is 0 Å². The summed E-state index contributed by atoms with van der Waals surface area (Å²) in [7, 11) is 0. The first-order valence-corrected chi connectivity index (χ1v) is 6.73. The van der Waals surface area contributed by atoms with E-state index in [1.807, 2.05) is 6.92 Å². The number of hydrogen-bond donors (Lipinski definition) is 1. The minimum Gasteiger partial charge on any atom is -0.491 e. The van der Waals surface area contributed by atoms with Crippen LogP contribution in [0.3, 0.4) is 0 Å². The summed E-state index contributed by atoms with van der Waals surface area (Å²) in [5.41, 5.74) is 8.37. The van der Waals surface area contributed by atoms with E-state index in [1.54, 1.807) is 0 Å². The van der Waals surface area contributed by atoms with Crippen molar-refractivity contribution in [1.82, 2.24) is 0 Å². The van der Waals surface area contributed by atoms with Gasteiger partial charge in [-0.15, -0.1) is 0 Å². The molecule has 0 fully saturated rings. The third kappa shape index (κ3) is 4.67. The van der Waals surface area contributed by atoms with E-state index in [0.29, 0.717) is 13.2 Å². The maximum absolute atomic E-state index is 6.02. The van der Waals surface area contributed by atoms with E-state index in [4.69, 9.17) is 15.2 Å². The Balaban J connectivity index is 2.67. The molecule has 0 spiro atoms. The fourth-order valence-electron chi connectivity index (χ4n) is 1.85. The molecular formula is C15H25NO2. The molecule has 3 heteroatoms. The maximum Gasteiger partial charge on any atom is 0.125 e. The largest absolute Gasteiger partial charge is 0.491 e. The van der Waals surface area contributed by atoms with Crippen molar-refractivity contribution in [2.75, 3.05) is 19.8 Å². The van der Waals surface area contributed by atoms with E-state index in [1.165, 1.54) is 5.56 Å². The molecule has 1 atom stereocenters. The van der Waals surface area contributed by atoms with Gasteiger partial charge in [0.15, 0.2) is 0 Å². The Hall–Kier alpha value is -1.06. The predicted molar refractivity (Wildman–Crippen MR) is 75.1 cm³/mol. The second kappa shape index (κ2) is 8.11. The molecule has 0 aliphatic rings. The second-order valence-electron chi connectivity index (χ2n) is 4.48. The minimum atomic E-state index is 0.195. The third-order valence-corrected chi connectivity index (χ3v) is 2.98. The molecule has 0 amide bonds. The van der Waals surface area contributed by atoms with Crippen LogP contribution in [0.15, 0.2) is 18.2 Å². The van der Waals surface area contributed by atoms with Crippen LogP contribution in [0.2, 0.25) is 0 Å². The molecule has 1 aromatic rings. The zero-order chi connectivity index (χ0) is 13.4. The van der Waals surface area contributed by atoms with Crippen molar-refractivity contribution < 1.29 is 9.47 Å². The highest BCUT2D eigenvalue weighted by Crippen LogP contribution is 2.24. The Morgan fingerprint density at radius 2 is 2.00 bits per heavy atom. The van der Waals surface area contributed by atoms with Crippen LogP contribution < -0.4 is 10.5 Å². The van der Waals surface area contributed by atoms with Gasteiger partial charge in [0.1, 0.15) is 12.4 Å². The lowest BCUT2D eigenvalue weighted by Crippen LogP contribution is -2.22. The highest BCUT2D eigenvalue weighted by molar-refractivity contribution is 5.41. The summed E-state index contributed by atoms with van der Waals surface area (Å²) in [6, 6.07) is 6.42. The van der Waals surface area contributed by atoms with Gasteiger partial charge in [-0.3, -0.25) is 0 Å². The highest BCUT2D eigenvalue weighted by atomic mass is 16.5. The lowest BCUT2D eigenvalue weighted by Gasteiger charge is -2.16. The zero-order valence-corrected chi connectivity index (χ0v) is 11.7. The van der Waals surface area contributed by atoms with E-state index in [-0.39, 0.29) is 6.04 Å². The molecule has 3 nitrogen and oxygen atoms in total. The highest BCUT2D eigenvalue weighted by Gasteiger charge is 2.10. The Labute approximate surface area is 110 Å². The number of ether oxygens (including phenoxy) is 2. The van der Waals surface area contributed by atoms with Gasteiger partial charge in [0.05, 0.1) is 6.61 Å². The van der Waals surface area contributed by atoms with E-state index in [2.05, 4.69) is 32.0 Å². The standard InChI is InChI=1S/C15H25NO2/c1-4-14(16)11-13-8-6-7-12(3)15(13)18-10-9-17-5-2/h6-8,14H,4-5,9-11,16H2,1-3H3. The first-order chi connectivity index (χ1) is 8.69. The Kier molecular flexibility index (Phi) is 6.76. The first kappa shape index (κ1) is 15.0. The Bertz CT molecular complexity index is 352. The van der Waals surface area contributed by atoms with Crippen LogP contribution in [0.1, 0.15) is 31.4 Å². The van der Waals surface area contributed by atoms with E-state index in [9.17, 15) is 0 Å². The monoisotopic (exact) mass is 251 g/mol. The molecule has 0 bridgehead atoms. The molecule has 0 aromatic heterocycles. The quantitative estimate of drug-likeness (QED) is 0.722. The minimum absolute atomic E-state index is 0.195. The number of aryl methyl sites for hydroxylation is 1. The Morgan fingerprint density at radius 3 is 2.67 bits per heavy atom. The van der Waals surface area contributed by atoms with Crippen LogP contribution in [-0.4, -0.2) is 25.9 Å². The van der Waals surface area contributed by atoms with Crippen molar-refractivity contribution in [3.05, 3.63) is 29.3 Å². The summed E-state index contributed by atoms with van der Waals surface area (Å²) in [4.78, 5) is 0. The van der Waals surface area contributed by atoms with E-state index >= 15 is 0 Å². The molecule has 102 valence electrons. The molecule has 1 aromatic carbocycles. The molecule has 0 aliphatic heterocycles. The van der Waals surface area contributed by atoms with Gasteiger partial charge in [-0.05, 0) is 37.8 Å². The molecule has 0 aliphatic carbocycles. The molecule has 1 unspecified atom stereocenters. The van der Waals surface area contributed by atoms with Crippen LogP contribution >= 0.6 is 0 Å². The Morgan fingerprint density at radius 1 is 1.22 bits per heavy atom. The zero-order valence-electron chi connectivity index (χ0n) is 11.7. The van der Waals surface area contributed by atoms with Crippen molar-refractivity contribution >= 4 is 0 Å². The van der Waals surface area contributed by atoms with Gasteiger partial charge in [-0.25, -0.2) is 0 Å². The predicted octanol–water partition coefficient (Wildman–Crippen LogP) is 2.69. The average molecular weight is 251 g/mol.